The van der Waals surface area contributed by atoms with E-state index in [1.165, 1.54) is 5.56 Å². The van der Waals surface area contributed by atoms with Crippen molar-refractivity contribution in [2.75, 3.05) is 0 Å². The third kappa shape index (κ3) is 7.35. The number of aromatic nitrogens is 4. The van der Waals surface area contributed by atoms with E-state index in [0.717, 1.165) is 78.6 Å². The number of fused-ring (bicyclic) bond motifs is 4. The van der Waals surface area contributed by atoms with Crippen molar-refractivity contribution in [2.24, 2.45) is 0 Å². The van der Waals surface area contributed by atoms with Gasteiger partial charge in [-0.3, -0.25) is 13.7 Å². The minimum atomic E-state index is -0.436. The Bertz CT molecular complexity index is 3620. The standard InChI is InChI=1S/C59H54N4O/c1-9-40-30-31-60-55(32-40)63-52-26-14-13-23-50(52)51-29-28-47(37-54(51)63)64-46-22-16-21-45(36-46)61-38-62(56-39(2)18-15-27-53(56)61)57-48(41-19-11-10-12-20-41)24-17-25-49(57)42-33-43(58(3,4)5)35-44(34-42)59(6,7)8/h10-37H,9H2,1-8H3/i10D,11D,12D,19D,20D. The molecule has 0 radical (unpaired) electrons. The lowest BCUT2D eigenvalue weighted by molar-refractivity contribution is -0.571. The first kappa shape index (κ1) is 35.2. The van der Waals surface area contributed by atoms with Crippen LogP contribution >= 0.6 is 0 Å². The number of para-hydroxylation sites is 3. The van der Waals surface area contributed by atoms with Gasteiger partial charge in [-0.1, -0.05) is 158 Å². The van der Waals surface area contributed by atoms with Crippen molar-refractivity contribution in [1.82, 2.24) is 14.1 Å². The molecule has 0 amide bonds. The molecule has 0 aliphatic heterocycles. The van der Waals surface area contributed by atoms with Crippen molar-refractivity contribution in [3.8, 4) is 50.9 Å². The fourth-order valence-corrected chi connectivity index (χ4v) is 8.82. The second-order valence-electron chi connectivity index (χ2n) is 18.7. The number of pyridine rings is 1. The average molecular weight is 840 g/mol. The second kappa shape index (κ2) is 15.8. The van der Waals surface area contributed by atoms with Crippen molar-refractivity contribution in [3.05, 3.63) is 198 Å². The molecule has 0 saturated carbocycles. The van der Waals surface area contributed by atoms with Crippen LogP contribution in [0, 0.1) is 13.3 Å². The highest BCUT2D eigenvalue weighted by Crippen LogP contribution is 2.40. The molecule has 0 spiro atoms. The van der Waals surface area contributed by atoms with Crippen LogP contribution in [0.4, 0.5) is 0 Å². The van der Waals surface area contributed by atoms with Gasteiger partial charge in [0.05, 0.1) is 40.3 Å². The smallest absolute Gasteiger partial charge is 0.269 e. The number of ether oxygens (including phenoxy) is 1. The molecule has 0 aliphatic carbocycles. The normalized spacial score (nSPS) is 13.2. The molecule has 0 unspecified atom stereocenters. The summed E-state index contributed by atoms with van der Waals surface area (Å²) in [5, 5.41) is 2.24. The number of hydrogen-bond donors (Lipinski definition) is 0. The Morgan fingerprint density at radius 3 is 2.06 bits per heavy atom. The van der Waals surface area contributed by atoms with Crippen LogP contribution in [0.3, 0.4) is 0 Å². The van der Waals surface area contributed by atoms with Gasteiger partial charge in [0, 0.05) is 23.0 Å². The summed E-state index contributed by atoms with van der Waals surface area (Å²) in [6.07, 6.45) is 6.51. The summed E-state index contributed by atoms with van der Waals surface area (Å²) in [5.41, 5.74) is 11.8. The topological polar surface area (TPSA) is 35.9 Å². The van der Waals surface area contributed by atoms with Gasteiger partial charge in [0.15, 0.2) is 0 Å². The lowest BCUT2D eigenvalue weighted by atomic mass is 9.78. The second-order valence-corrected chi connectivity index (χ2v) is 18.7. The van der Waals surface area contributed by atoms with Crippen LogP contribution in [-0.4, -0.2) is 14.1 Å². The van der Waals surface area contributed by atoms with E-state index in [-0.39, 0.29) is 40.6 Å². The molecule has 64 heavy (non-hydrogen) atoms. The van der Waals surface area contributed by atoms with E-state index in [1.807, 2.05) is 63.9 Å². The minimum absolute atomic E-state index is 0.122. The van der Waals surface area contributed by atoms with Crippen LogP contribution in [0.25, 0.3) is 72.3 Å². The van der Waals surface area contributed by atoms with Gasteiger partial charge in [-0.2, -0.15) is 0 Å². The number of aryl methyl sites for hydroxylation is 2. The molecule has 10 aromatic rings. The summed E-state index contributed by atoms with van der Waals surface area (Å²) in [6.45, 7) is 17.5. The zero-order valence-corrected chi connectivity index (χ0v) is 37.7. The van der Waals surface area contributed by atoms with Gasteiger partial charge in [0.1, 0.15) is 17.3 Å². The van der Waals surface area contributed by atoms with E-state index in [4.69, 9.17) is 13.8 Å². The Balaban J connectivity index is 1.17. The van der Waals surface area contributed by atoms with Crippen molar-refractivity contribution in [2.45, 2.75) is 72.6 Å². The van der Waals surface area contributed by atoms with Crippen LogP contribution in [0.5, 0.6) is 11.5 Å². The first-order valence-corrected chi connectivity index (χ1v) is 22.0. The maximum atomic E-state index is 9.23. The number of hydrogen-bond acceptors (Lipinski definition) is 2. The molecule has 0 N–H and O–H groups in total. The summed E-state index contributed by atoms with van der Waals surface area (Å²) in [6, 6.07) is 43.7. The predicted octanol–water partition coefficient (Wildman–Crippen LogP) is 14.8. The van der Waals surface area contributed by atoms with Crippen molar-refractivity contribution in [1.29, 1.82) is 0 Å². The Labute approximate surface area is 383 Å². The zero-order chi connectivity index (χ0) is 48.7. The van der Waals surface area contributed by atoms with Gasteiger partial charge in [-0.25, -0.2) is 4.98 Å². The molecule has 3 heterocycles. The molecule has 0 atom stereocenters. The van der Waals surface area contributed by atoms with Gasteiger partial charge in [-0.05, 0) is 117 Å². The highest BCUT2D eigenvalue weighted by atomic mass is 16.5. The molecule has 3 aromatic heterocycles. The minimum Gasteiger partial charge on any atom is -0.458 e. The Kier molecular flexibility index (Phi) is 8.72. The summed E-state index contributed by atoms with van der Waals surface area (Å²) in [4.78, 5) is 4.81. The molecule has 0 aliphatic rings. The van der Waals surface area contributed by atoms with Crippen molar-refractivity contribution >= 4 is 32.8 Å². The zero-order valence-electron chi connectivity index (χ0n) is 42.7. The van der Waals surface area contributed by atoms with Crippen LogP contribution in [-0.2, 0) is 17.3 Å². The Hall–Kier alpha value is -7.24. The van der Waals surface area contributed by atoms with Crippen LogP contribution in [0.15, 0.2) is 170 Å². The van der Waals surface area contributed by atoms with Crippen LogP contribution in [0.2, 0.25) is 0 Å². The van der Waals surface area contributed by atoms with E-state index < -0.39 is 6.04 Å². The van der Waals surface area contributed by atoms with Crippen LogP contribution < -0.4 is 9.30 Å². The lowest BCUT2D eigenvalue weighted by Crippen LogP contribution is -2.32. The number of imidazole rings is 1. The average Bonchev–Trinajstić information content (AvgIpc) is 3.89. The third-order valence-corrected chi connectivity index (χ3v) is 12.3. The van der Waals surface area contributed by atoms with E-state index >= 15 is 0 Å². The fraction of sp³-hybridized carbons (Fsp3) is 0.186. The van der Waals surface area contributed by atoms with Crippen molar-refractivity contribution < 1.29 is 16.2 Å². The lowest BCUT2D eigenvalue weighted by Gasteiger charge is -2.27. The largest absolute Gasteiger partial charge is 0.458 e. The molecule has 5 heteroatoms. The SMILES string of the molecule is [2H]c1c([2H])c([2H])c(-c2cccc(-c3cc(C(C)(C)C)cc(C(C)(C)C)c3)c2-[n+]2[c-]n(-c3cccc(Oc4ccc5c6ccccc6n(-c6cc(CC)ccn6)c5c4)c3)c3cccc(C)c32)c([2H])c1[2H]. The molecule has 7 aromatic carbocycles. The van der Waals surface area contributed by atoms with Gasteiger partial charge >= 0.3 is 0 Å². The molecule has 5 nitrogen and oxygen atoms in total. The van der Waals surface area contributed by atoms with Gasteiger partial charge in [0.2, 0.25) is 0 Å². The third-order valence-electron chi connectivity index (χ3n) is 12.3. The number of nitrogens with zero attached hydrogens (tertiary/aromatic N) is 4. The maximum Gasteiger partial charge on any atom is 0.269 e. The molecular formula is C59H54N4O. The van der Waals surface area contributed by atoms with E-state index in [1.54, 1.807) is 0 Å². The molecular weight excluding hydrogens is 781 g/mol. The monoisotopic (exact) mass is 839 g/mol. The van der Waals surface area contributed by atoms with Crippen molar-refractivity contribution in [3.63, 3.8) is 0 Å². The molecule has 0 saturated heterocycles. The molecule has 0 fully saturated rings. The highest BCUT2D eigenvalue weighted by Gasteiger charge is 2.25. The van der Waals surface area contributed by atoms with Gasteiger partial charge < -0.3 is 4.74 Å². The van der Waals surface area contributed by atoms with E-state index in [0.29, 0.717) is 22.7 Å². The summed E-state index contributed by atoms with van der Waals surface area (Å²) in [5.74, 6) is 2.15. The summed E-state index contributed by atoms with van der Waals surface area (Å²) >= 11 is 0. The number of benzene rings is 7. The Morgan fingerprint density at radius 1 is 0.641 bits per heavy atom. The fourth-order valence-electron chi connectivity index (χ4n) is 8.82. The van der Waals surface area contributed by atoms with Gasteiger partial charge in [-0.15, -0.1) is 0 Å². The van der Waals surface area contributed by atoms with E-state index in [9.17, 15) is 2.74 Å². The van der Waals surface area contributed by atoms with Crippen LogP contribution in [0.1, 0.15) is 77.6 Å². The van der Waals surface area contributed by atoms with E-state index in [2.05, 4.69) is 151 Å². The number of rotatable bonds is 8. The quantitative estimate of drug-likeness (QED) is 0.113. The molecule has 0 bridgehead atoms. The summed E-state index contributed by atoms with van der Waals surface area (Å²) in [7, 11) is 0. The molecule has 10 rings (SSSR count). The molecule has 316 valence electrons. The highest BCUT2D eigenvalue weighted by molar-refractivity contribution is 6.09. The summed E-state index contributed by atoms with van der Waals surface area (Å²) < 4.78 is 57.4. The first-order valence-electron chi connectivity index (χ1n) is 24.5. The first-order chi connectivity index (χ1) is 32.9. The predicted molar refractivity (Wildman–Crippen MR) is 265 cm³/mol. The maximum absolute atomic E-state index is 9.23. The Morgan fingerprint density at radius 2 is 1.31 bits per heavy atom. The van der Waals surface area contributed by atoms with Gasteiger partial charge in [0.25, 0.3) is 6.33 Å².